The first kappa shape index (κ1) is 15.3. The van der Waals surface area contributed by atoms with Crippen LogP contribution in [0.3, 0.4) is 0 Å². The van der Waals surface area contributed by atoms with E-state index in [0.29, 0.717) is 0 Å². The average Bonchev–Trinajstić information content (AvgIpc) is 2.44. The molecule has 0 amide bonds. The van der Waals surface area contributed by atoms with Crippen LogP contribution in [0.4, 0.5) is 5.82 Å². The molecule has 6 nitrogen and oxygen atoms in total. The van der Waals surface area contributed by atoms with Gasteiger partial charge in [-0.25, -0.2) is 4.79 Å². The van der Waals surface area contributed by atoms with Gasteiger partial charge in [-0.05, 0) is 6.07 Å². The van der Waals surface area contributed by atoms with Crippen LogP contribution in [0.2, 0.25) is 5.02 Å². The molecular formula is C11H9ClN2O4S. The van der Waals surface area contributed by atoms with Gasteiger partial charge in [-0.2, -0.15) is 0 Å². The summed E-state index contributed by atoms with van der Waals surface area (Å²) in [4.78, 5) is 29.7. The highest BCUT2D eigenvalue weighted by atomic mass is 35.5. The third kappa shape index (κ3) is 3.84. The summed E-state index contributed by atoms with van der Waals surface area (Å²) in [7, 11) is 2.47. The number of halogens is 1. The van der Waals surface area contributed by atoms with Gasteiger partial charge in [-0.1, -0.05) is 29.9 Å². The predicted octanol–water partition coefficient (Wildman–Crippen LogP) is 2.34. The topological polar surface area (TPSA) is 69.8 Å². The summed E-state index contributed by atoms with van der Waals surface area (Å²) < 4.78 is 9.08. The van der Waals surface area contributed by atoms with Crippen molar-refractivity contribution in [2.24, 2.45) is 0 Å². The van der Waals surface area contributed by atoms with Gasteiger partial charge in [0, 0.05) is 0 Å². The van der Waals surface area contributed by atoms with Crippen LogP contribution in [-0.4, -0.2) is 36.9 Å². The van der Waals surface area contributed by atoms with Gasteiger partial charge in [-0.3, -0.25) is 4.79 Å². The Hall–Kier alpha value is -1.78. The van der Waals surface area contributed by atoms with Crippen molar-refractivity contribution in [1.29, 1.82) is 0 Å². The summed E-state index contributed by atoms with van der Waals surface area (Å²) in [5.41, 5.74) is 0.105. The Kier molecular flexibility index (Phi) is 5.60. The highest BCUT2D eigenvalue weighted by Gasteiger charge is 2.21. The van der Waals surface area contributed by atoms with Crippen LogP contribution in [0.1, 0.15) is 10.4 Å². The number of pyridine rings is 1. The number of carbonyl (C=O) groups is 2. The van der Waals surface area contributed by atoms with Crippen molar-refractivity contribution in [3.05, 3.63) is 28.1 Å². The number of aromatic nitrogens is 1. The first-order valence-corrected chi connectivity index (χ1v) is 6.25. The van der Waals surface area contributed by atoms with Crippen LogP contribution < -0.4 is 0 Å². The lowest BCUT2D eigenvalue weighted by molar-refractivity contribution is -0.137. The largest absolute Gasteiger partial charge is 0.468 e. The molecule has 0 aromatic carbocycles. The number of esters is 2. The summed E-state index contributed by atoms with van der Waals surface area (Å²) in [6.07, 6.45) is 0. The monoisotopic (exact) mass is 300 g/mol. The van der Waals surface area contributed by atoms with Crippen LogP contribution in [0.15, 0.2) is 11.1 Å². The number of methoxy groups -OCH3 is 2. The molecule has 0 unspecified atom stereocenters. The molecule has 0 bridgehead atoms. The maximum Gasteiger partial charge on any atom is 0.342 e. The van der Waals surface area contributed by atoms with Crippen molar-refractivity contribution in [2.75, 3.05) is 20.0 Å². The van der Waals surface area contributed by atoms with Gasteiger partial charge in [-0.15, -0.1) is 4.98 Å². The molecule has 8 heteroatoms. The number of rotatable bonds is 4. The Morgan fingerprint density at radius 2 is 2.16 bits per heavy atom. The summed E-state index contributed by atoms with van der Waals surface area (Å²) >= 11 is 6.78. The number of hydrogen-bond acceptors (Lipinski definition) is 6. The Morgan fingerprint density at radius 3 is 2.68 bits per heavy atom. The second kappa shape index (κ2) is 6.97. The third-order valence-corrected chi connectivity index (χ3v) is 3.23. The number of ether oxygens (including phenoxy) is 2. The lowest BCUT2D eigenvalue weighted by atomic mass is 10.3. The molecule has 0 aliphatic carbocycles. The summed E-state index contributed by atoms with van der Waals surface area (Å²) in [6, 6.07) is 1.30. The van der Waals surface area contributed by atoms with Crippen molar-refractivity contribution in [3.63, 3.8) is 0 Å². The van der Waals surface area contributed by atoms with Crippen molar-refractivity contribution >= 4 is 41.1 Å². The van der Waals surface area contributed by atoms with E-state index in [1.165, 1.54) is 20.3 Å². The molecule has 100 valence electrons. The van der Waals surface area contributed by atoms with Gasteiger partial charge in [0.15, 0.2) is 0 Å². The molecule has 1 aromatic rings. The molecule has 0 spiro atoms. The molecule has 0 atom stereocenters. The average molecular weight is 301 g/mol. The molecule has 1 rings (SSSR count). The van der Waals surface area contributed by atoms with E-state index in [2.05, 4.69) is 19.3 Å². The normalized spacial score (nSPS) is 9.58. The third-order valence-electron chi connectivity index (χ3n) is 1.99. The van der Waals surface area contributed by atoms with Crippen molar-refractivity contribution < 1.29 is 19.1 Å². The van der Waals surface area contributed by atoms with Crippen LogP contribution in [-0.2, 0) is 14.3 Å². The summed E-state index contributed by atoms with van der Waals surface area (Å²) in [6.45, 7) is 6.92. The minimum atomic E-state index is -0.640. The van der Waals surface area contributed by atoms with E-state index in [-0.39, 0.29) is 27.2 Å². The van der Waals surface area contributed by atoms with Crippen molar-refractivity contribution in [2.45, 2.75) is 5.03 Å². The zero-order chi connectivity index (χ0) is 14.4. The molecule has 0 N–H and O–H groups in total. The maximum atomic E-state index is 11.6. The molecule has 0 saturated carbocycles. The molecule has 1 aromatic heterocycles. The fourth-order valence-electron chi connectivity index (χ4n) is 1.09. The second-order valence-corrected chi connectivity index (χ2v) is 4.49. The van der Waals surface area contributed by atoms with Crippen LogP contribution in [0, 0.1) is 6.57 Å². The molecule has 0 radical (unpaired) electrons. The quantitative estimate of drug-likeness (QED) is 0.483. The second-order valence-electron chi connectivity index (χ2n) is 3.11. The number of carbonyl (C=O) groups excluding carboxylic acids is 2. The van der Waals surface area contributed by atoms with E-state index < -0.39 is 11.9 Å². The molecule has 0 aliphatic rings. The lowest BCUT2D eigenvalue weighted by Gasteiger charge is -2.05. The van der Waals surface area contributed by atoms with Gasteiger partial charge in [0.2, 0.25) is 5.03 Å². The standard InChI is InChI=1S/C11H9ClN2O4S/c1-13-9-7(12)4-6(11(16)18-3)10(14-9)19-5-8(15)17-2/h4H,5H2,2-3H3. The van der Waals surface area contributed by atoms with Crippen LogP contribution >= 0.6 is 23.4 Å². The zero-order valence-corrected chi connectivity index (χ0v) is 11.7. The molecule has 0 fully saturated rings. The van der Waals surface area contributed by atoms with E-state index >= 15 is 0 Å². The Bertz CT molecular complexity index is 556. The smallest absolute Gasteiger partial charge is 0.342 e. The molecule has 0 saturated heterocycles. The van der Waals surface area contributed by atoms with Crippen molar-refractivity contribution in [1.82, 2.24) is 4.98 Å². The van der Waals surface area contributed by atoms with E-state index in [1.807, 2.05) is 0 Å². The highest BCUT2D eigenvalue weighted by Crippen LogP contribution is 2.30. The predicted molar refractivity (Wildman–Crippen MR) is 69.6 cm³/mol. The summed E-state index contributed by atoms with van der Waals surface area (Å²) in [5, 5.41) is 0.255. The van der Waals surface area contributed by atoms with Crippen LogP contribution in [0.25, 0.3) is 4.85 Å². The van der Waals surface area contributed by atoms with E-state index in [0.717, 1.165) is 11.8 Å². The van der Waals surface area contributed by atoms with Gasteiger partial charge < -0.3 is 14.3 Å². The minimum absolute atomic E-state index is 0.0352. The SMILES string of the molecule is [C-]#[N+]c1nc(SCC(=O)OC)c(C(=O)OC)cc1Cl. The molecule has 0 aliphatic heterocycles. The molecular weight excluding hydrogens is 292 g/mol. The minimum Gasteiger partial charge on any atom is -0.468 e. The lowest BCUT2D eigenvalue weighted by Crippen LogP contribution is -2.08. The van der Waals surface area contributed by atoms with Crippen molar-refractivity contribution in [3.8, 4) is 0 Å². The Labute approximate surface area is 118 Å². The fourth-order valence-corrected chi connectivity index (χ4v) is 2.11. The van der Waals surface area contributed by atoms with E-state index in [9.17, 15) is 9.59 Å². The molecule has 1 heterocycles. The van der Waals surface area contributed by atoms with Gasteiger partial charge >= 0.3 is 11.9 Å². The van der Waals surface area contributed by atoms with E-state index in [1.54, 1.807) is 0 Å². The Morgan fingerprint density at radius 1 is 1.47 bits per heavy atom. The zero-order valence-electron chi connectivity index (χ0n) is 10.1. The van der Waals surface area contributed by atoms with Gasteiger partial charge in [0.25, 0.3) is 5.82 Å². The van der Waals surface area contributed by atoms with Gasteiger partial charge in [0.05, 0.1) is 25.0 Å². The summed E-state index contributed by atoms with van der Waals surface area (Å²) in [5.74, 6) is -1.19. The van der Waals surface area contributed by atoms with Gasteiger partial charge in [0.1, 0.15) is 5.56 Å². The molecule has 19 heavy (non-hydrogen) atoms. The fraction of sp³-hybridized carbons (Fsp3) is 0.273. The number of hydrogen-bond donors (Lipinski definition) is 0. The highest BCUT2D eigenvalue weighted by molar-refractivity contribution is 8.00. The van der Waals surface area contributed by atoms with E-state index in [4.69, 9.17) is 18.2 Å². The number of thioether (sulfide) groups is 1. The first-order chi connectivity index (χ1) is 9.03. The maximum absolute atomic E-state index is 11.6. The first-order valence-electron chi connectivity index (χ1n) is 4.89. The van der Waals surface area contributed by atoms with Crippen LogP contribution in [0.5, 0.6) is 0 Å². The Balaban J connectivity index is 3.14. The number of nitrogens with zero attached hydrogens (tertiary/aromatic N) is 2.